The number of aliphatic carboxylic acids is 1. The molecule has 18 nitrogen and oxygen atoms in total. The summed E-state index contributed by atoms with van der Waals surface area (Å²) in [7, 11) is 0. The van der Waals surface area contributed by atoms with E-state index in [1.165, 1.54) is 18.8 Å². The van der Waals surface area contributed by atoms with Crippen LogP contribution in [0.3, 0.4) is 0 Å². The highest BCUT2D eigenvalue weighted by Gasteiger charge is 2.71. The molecule has 65 heavy (non-hydrogen) atoms. The van der Waals surface area contributed by atoms with E-state index in [1.807, 2.05) is 20.8 Å². The molecule has 0 amide bonds. The largest absolute Gasteiger partial charge is 0.479 e. The first-order valence-corrected chi connectivity index (χ1v) is 23.7. The van der Waals surface area contributed by atoms with E-state index >= 15 is 0 Å². The number of hydrogen-bond acceptors (Lipinski definition) is 17. The van der Waals surface area contributed by atoms with Crippen LogP contribution in [0.25, 0.3) is 0 Å². The molecule has 0 spiro atoms. The number of hydrogen-bond donors (Lipinski definition) is 10. The van der Waals surface area contributed by atoms with Gasteiger partial charge in [0.15, 0.2) is 25.0 Å². The summed E-state index contributed by atoms with van der Waals surface area (Å²) in [5.74, 6) is -1.57. The van der Waals surface area contributed by atoms with Crippen molar-refractivity contribution in [1.82, 2.24) is 0 Å². The van der Waals surface area contributed by atoms with E-state index in [1.54, 1.807) is 0 Å². The van der Waals surface area contributed by atoms with Crippen LogP contribution < -0.4 is 0 Å². The predicted molar refractivity (Wildman–Crippen MR) is 225 cm³/mol. The summed E-state index contributed by atoms with van der Waals surface area (Å²) in [4.78, 5) is 26.4. The second kappa shape index (κ2) is 17.3. The molecule has 7 fully saturated rings. The lowest BCUT2D eigenvalue weighted by Gasteiger charge is -2.72. The Hall–Kier alpha value is -1.72. The van der Waals surface area contributed by atoms with Crippen molar-refractivity contribution < 1.29 is 89.1 Å². The fraction of sp³-hybridized carbons (Fsp3) is 0.915. The minimum Gasteiger partial charge on any atom is -0.479 e. The summed E-state index contributed by atoms with van der Waals surface area (Å²) in [6, 6.07) is 0. The van der Waals surface area contributed by atoms with Crippen molar-refractivity contribution in [2.45, 2.75) is 204 Å². The number of fused-ring (bicyclic) bond motifs is 7. The van der Waals surface area contributed by atoms with Crippen LogP contribution in [0.4, 0.5) is 0 Å². The maximum absolute atomic E-state index is 14.0. The number of carbonyl (C=O) groups excluding carboxylic acids is 1. The molecule has 10 N–H and O–H groups in total. The summed E-state index contributed by atoms with van der Waals surface area (Å²) in [5.41, 5.74) is -1.58. The highest BCUT2D eigenvalue weighted by atomic mass is 16.8. The Kier molecular flexibility index (Phi) is 13.2. The van der Waals surface area contributed by atoms with Gasteiger partial charge in [-0.25, -0.2) is 4.79 Å². The van der Waals surface area contributed by atoms with Crippen molar-refractivity contribution in [3.8, 4) is 0 Å². The van der Waals surface area contributed by atoms with Crippen molar-refractivity contribution in [2.75, 3.05) is 13.2 Å². The Bertz CT molecular complexity index is 1810. The van der Waals surface area contributed by atoms with Crippen LogP contribution in [0, 0.1) is 50.2 Å². The molecular formula is C47H74O18. The minimum atomic E-state index is -2.02. The van der Waals surface area contributed by atoms with Crippen molar-refractivity contribution in [3.63, 3.8) is 0 Å². The fourth-order valence-electron chi connectivity index (χ4n) is 14.7. The summed E-state index contributed by atoms with van der Waals surface area (Å²) < 4.78 is 36.0. The molecule has 0 bridgehead atoms. The highest BCUT2D eigenvalue weighted by Crippen LogP contribution is 2.76. The molecule has 0 aromatic carbocycles. The van der Waals surface area contributed by atoms with Crippen molar-refractivity contribution in [3.05, 3.63) is 11.6 Å². The van der Waals surface area contributed by atoms with Crippen LogP contribution in [0.2, 0.25) is 0 Å². The number of ether oxygens (including phenoxy) is 6. The molecule has 5 aliphatic carbocycles. The van der Waals surface area contributed by atoms with E-state index in [0.717, 1.165) is 32.1 Å². The topological polar surface area (TPSA) is 292 Å². The Labute approximate surface area is 380 Å². The van der Waals surface area contributed by atoms with Gasteiger partial charge in [0.2, 0.25) is 0 Å². The van der Waals surface area contributed by atoms with Gasteiger partial charge in [0.25, 0.3) is 0 Å². The number of aldehydes is 1. The SMILES string of the molecule is C[C@@H]1O[C@@H](O[C@H]2[C@H](O[C@H]3[C@H](O[C@H]4CC[C@@]5(C=O)[C@H](CC[C@]6(C)[C@@H]5CC[C@@H]5C7=C[C@](C)(CO)C[C@@H](O)[C@]7(C)CC[C@]56C)C4(C)C)O[C@H](C(=O)O)[C@@H](O)[C@@H]3O)OC[C@@H](O)[C@@H]2O)[C@H](O)[C@H](O)[C@H]1O. The molecule has 4 saturated carbocycles. The van der Waals surface area contributed by atoms with E-state index in [4.69, 9.17) is 28.4 Å². The third kappa shape index (κ3) is 7.62. The van der Waals surface area contributed by atoms with Gasteiger partial charge in [0.05, 0.1) is 31.5 Å². The van der Waals surface area contributed by atoms with Gasteiger partial charge in [0, 0.05) is 16.2 Å². The Morgan fingerprint density at radius 2 is 1.40 bits per heavy atom. The smallest absolute Gasteiger partial charge is 0.335 e. The molecule has 18 heteroatoms. The molecule has 0 unspecified atom stereocenters. The lowest BCUT2D eigenvalue weighted by atomic mass is 9.32. The van der Waals surface area contributed by atoms with Crippen molar-refractivity contribution in [2.24, 2.45) is 50.2 Å². The number of carboxylic acid groups (broad SMARTS) is 1. The Balaban J connectivity index is 1.05. The second-order valence-corrected chi connectivity index (χ2v) is 22.8. The van der Waals surface area contributed by atoms with Crippen molar-refractivity contribution >= 4 is 12.3 Å². The Morgan fingerprint density at radius 1 is 0.723 bits per heavy atom. The van der Waals surface area contributed by atoms with Crippen LogP contribution in [-0.4, -0.2) is 175 Å². The monoisotopic (exact) mass is 926 g/mol. The molecule has 0 aromatic rings. The van der Waals surface area contributed by atoms with Gasteiger partial charge < -0.3 is 84.3 Å². The molecule has 370 valence electrons. The average Bonchev–Trinajstić information content (AvgIpc) is 3.25. The molecule has 0 radical (unpaired) electrons. The zero-order valence-corrected chi connectivity index (χ0v) is 38.6. The third-order valence-electron chi connectivity index (χ3n) is 19.0. The number of aliphatic hydroxyl groups excluding tert-OH is 9. The van der Waals surface area contributed by atoms with E-state index in [9.17, 15) is 60.7 Å². The number of rotatable bonds is 9. The van der Waals surface area contributed by atoms with Crippen LogP contribution >= 0.6 is 0 Å². The molecular weight excluding hydrogens is 852 g/mol. The van der Waals surface area contributed by atoms with E-state index in [2.05, 4.69) is 26.8 Å². The third-order valence-corrected chi connectivity index (χ3v) is 19.0. The molecule has 24 atom stereocenters. The van der Waals surface area contributed by atoms with Crippen LogP contribution in [0.15, 0.2) is 11.6 Å². The molecule has 8 aliphatic rings. The van der Waals surface area contributed by atoms with Gasteiger partial charge in [-0.15, -0.1) is 0 Å². The first kappa shape index (κ1) is 49.7. The van der Waals surface area contributed by atoms with E-state index in [0.29, 0.717) is 25.7 Å². The summed E-state index contributed by atoms with van der Waals surface area (Å²) in [5, 5.41) is 108. The second-order valence-electron chi connectivity index (χ2n) is 22.8. The van der Waals surface area contributed by atoms with Gasteiger partial charge in [-0.2, -0.15) is 0 Å². The number of carboxylic acids is 1. The van der Waals surface area contributed by atoms with Crippen molar-refractivity contribution in [1.29, 1.82) is 0 Å². The van der Waals surface area contributed by atoms with Crippen LogP contribution in [0.5, 0.6) is 0 Å². The molecule has 0 aromatic heterocycles. The standard InChI is InChI=1S/C47H74O18/c1-21-29(52)31(54)34(57)39(61-21)64-36-30(53)24(50)18-60-40(36)65-37-33(56)32(55)35(38(58)59)63-41(37)62-28-11-13-47(20-49)25(42(28,2)3)10-12-46(7)26(47)9-8-22-23-16-43(4,19-48)17-27(51)44(23,5)14-15-45(22,46)6/h16,20-22,24-37,39-41,48,50-57H,8-15,17-19H2,1-7H3,(H,58,59)/t21-,22+,24+,25+,26-,27+,28-,29-,30-,31+,32-,33-,34+,35-,36+,37+,39-,40-,41+,43-,44+,45+,46+,47+/m0/s1. The van der Waals surface area contributed by atoms with Gasteiger partial charge in [0.1, 0.15) is 61.2 Å². The average molecular weight is 927 g/mol. The number of carbonyl (C=O) groups is 2. The highest BCUT2D eigenvalue weighted by molar-refractivity contribution is 5.73. The summed E-state index contributed by atoms with van der Waals surface area (Å²) in [6.07, 6.45) is -15.2. The fourth-order valence-corrected chi connectivity index (χ4v) is 14.7. The maximum Gasteiger partial charge on any atom is 0.335 e. The summed E-state index contributed by atoms with van der Waals surface area (Å²) in [6.45, 7) is 13.9. The normalized spacial score (nSPS) is 55.4. The minimum absolute atomic E-state index is 0.0204. The zero-order chi connectivity index (χ0) is 47.6. The van der Waals surface area contributed by atoms with Crippen LogP contribution in [-0.2, 0) is 38.0 Å². The predicted octanol–water partition coefficient (Wildman–Crippen LogP) is 0.523. The van der Waals surface area contributed by atoms with Crippen LogP contribution in [0.1, 0.15) is 106 Å². The van der Waals surface area contributed by atoms with Gasteiger partial charge >= 0.3 is 5.97 Å². The molecule has 8 rings (SSSR count). The van der Waals surface area contributed by atoms with Gasteiger partial charge in [-0.3, -0.25) is 0 Å². The summed E-state index contributed by atoms with van der Waals surface area (Å²) >= 11 is 0. The first-order chi connectivity index (χ1) is 30.3. The van der Waals surface area contributed by atoms with Gasteiger partial charge in [-0.1, -0.05) is 53.2 Å². The Morgan fingerprint density at radius 3 is 2.06 bits per heavy atom. The molecule has 3 heterocycles. The zero-order valence-electron chi connectivity index (χ0n) is 38.6. The van der Waals surface area contributed by atoms with E-state index < -0.39 is 127 Å². The lowest BCUT2D eigenvalue weighted by Crippen LogP contribution is -2.68. The quantitative estimate of drug-likeness (QED) is 0.0857. The maximum atomic E-state index is 14.0. The lowest BCUT2D eigenvalue weighted by molar-refractivity contribution is -0.386. The number of aliphatic hydroxyl groups is 9. The molecule has 3 saturated heterocycles. The molecule has 3 aliphatic heterocycles. The van der Waals surface area contributed by atoms with Gasteiger partial charge in [-0.05, 0) is 98.7 Å². The first-order valence-electron chi connectivity index (χ1n) is 23.7. The van der Waals surface area contributed by atoms with E-state index in [-0.39, 0.29) is 40.6 Å².